The molecule has 0 heterocycles. The van der Waals surface area contributed by atoms with Crippen LogP contribution in [0.25, 0.3) is 0 Å². The Morgan fingerprint density at radius 1 is 0.524 bits per heavy atom. The SMILES string of the molecule is CCCCC1(F)C(F)(F)C(F)(F)C(F)(F)C(F)(F)C1(F)F. The van der Waals surface area contributed by atoms with Crippen LogP contribution in [-0.4, -0.2) is 35.3 Å². The minimum atomic E-state index is -7.12. The topological polar surface area (TPSA) is 0 Å². The summed E-state index contributed by atoms with van der Waals surface area (Å²) in [6.07, 6.45) is -3.31. The van der Waals surface area contributed by atoms with E-state index in [4.69, 9.17) is 0 Å². The van der Waals surface area contributed by atoms with E-state index in [0.29, 0.717) is 0 Å². The monoisotopic (exact) mass is 338 g/mol. The number of halogens is 11. The maximum Gasteiger partial charge on any atom is 0.384 e. The Morgan fingerprint density at radius 3 is 1.10 bits per heavy atom. The predicted molar refractivity (Wildman–Crippen MR) is 48.1 cm³/mol. The molecule has 1 aliphatic carbocycles. The van der Waals surface area contributed by atoms with Gasteiger partial charge in [-0.1, -0.05) is 19.8 Å². The molecule has 0 aliphatic heterocycles. The normalized spacial score (nSPS) is 30.9. The van der Waals surface area contributed by atoms with Crippen LogP contribution < -0.4 is 0 Å². The lowest BCUT2D eigenvalue weighted by molar-refractivity contribution is -0.485. The Hall–Kier alpha value is -0.770. The van der Waals surface area contributed by atoms with E-state index in [0.717, 1.165) is 6.92 Å². The van der Waals surface area contributed by atoms with E-state index in [1.54, 1.807) is 0 Å². The van der Waals surface area contributed by atoms with E-state index >= 15 is 0 Å². The van der Waals surface area contributed by atoms with Crippen LogP contribution in [-0.2, 0) is 0 Å². The first kappa shape index (κ1) is 18.3. The van der Waals surface area contributed by atoms with Crippen molar-refractivity contribution in [1.29, 1.82) is 0 Å². The molecule has 126 valence electrons. The first-order valence-corrected chi connectivity index (χ1v) is 5.64. The van der Waals surface area contributed by atoms with Crippen molar-refractivity contribution in [2.75, 3.05) is 0 Å². The standard InChI is InChI=1S/C10H9F11/c1-2-3-4-5(11)6(12,13)8(16,17)10(20,21)9(18,19)7(5,14)15/h2-4H2,1H3. The molecule has 0 bridgehead atoms. The first-order chi connectivity index (χ1) is 9.06. The van der Waals surface area contributed by atoms with Gasteiger partial charge in [-0.2, -0.15) is 43.9 Å². The molecule has 0 amide bonds. The van der Waals surface area contributed by atoms with Crippen molar-refractivity contribution in [3.63, 3.8) is 0 Å². The van der Waals surface area contributed by atoms with E-state index in [1.807, 2.05) is 0 Å². The summed E-state index contributed by atoms with van der Waals surface area (Å²) in [4.78, 5) is 0. The Kier molecular flexibility index (Phi) is 3.81. The van der Waals surface area contributed by atoms with E-state index in [9.17, 15) is 48.3 Å². The Bertz CT molecular complexity index is 381. The van der Waals surface area contributed by atoms with Crippen LogP contribution in [0.1, 0.15) is 26.2 Å². The lowest BCUT2D eigenvalue weighted by Crippen LogP contribution is -2.83. The second kappa shape index (κ2) is 4.37. The van der Waals surface area contributed by atoms with E-state index in [1.165, 1.54) is 0 Å². The van der Waals surface area contributed by atoms with Gasteiger partial charge in [-0.25, -0.2) is 4.39 Å². The van der Waals surface area contributed by atoms with Crippen LogP contribution in [0.15, 0.2) is 0 Å². The first-order valence-electron chi connectivity index (χ1n) is 5.64. The molecule has 0 aromatic heterocycles. The molecule has 0 saturated heterocycles. The van der Waals surface area contributed by atoms with Crippen molar-refractivity contribution in [2.24, 2.45) is 0 Å². The maximum absolute atomic E-state index is 13.9. The maximum atomic E-state index is 13.9. The van der Waals surface area contributed by atoms with Crippen molar-refractivity contribution in [3.8, 4) is 0 Å². The van der Waals surface area contributed by atoms with Crippen molar-refractivity contribution < 1.29 is 48.3 Å². The fourth-order valence-corrected chi connectivity index (χ4v) is 2.02. The lowest BCUT2D eigenvalue weighted by Gasteiger charge is -2.52. The summed E-state index contributed by atoms with van der Waals surface area (Å²) < 4.78 is 144. The molecule has 0 N–H and O–H groups in total. The van der Waals surface area contributed by atoms with Gasteiger partial charge in [-0.3, -0.25) is 0 Å². The average molecular weight is 338 g/mol. The highest BCUT2D eigenvalue weighted by Crippen LogP contribution is 2.70. The molecule has 1 saturated carbocycles. The number of alkyl halides is 11. The summed E-state index contributed by atoms with van der Waals surface area (Å²) in [6.45, 7) is 1.15. The molecule has 1 aliphatic rings. The van der Waals surface area contributed by atoms with Gasteiger partial charge in [-0.05, 0) is 6.42 Å². The minimum absolute atomic E-state index is 0.286. The molecule has 0 aromatic rings. The summed E-state index contributed by atoms with van der Waals surface area (Å²) in [5.74, 6) is -34.4. The highest BCUT2D eigenvalue weighted by atomic mass is 19.4. The lowest BCUT2D eigenvalue weighted by atomic mass is 9.70. The van der Waals surface area contributed by atoms with Crippen LogP contribution in [0.2, 0.25) is 0 Å². The predicted octanol–water partition coefficient (Wildman–Crippen LogP) is 5.08. The van der Waals surface area contributed by atoms with Crippen LogP contribution in [0.4, 0.5) is 48.3 Å². The van der Waals surface area contributed by atoms with Crippen LogP contribution in [0.5, 0.6) is 0 Å². The fourth-order valence-electron chi connectivity index (χ4n) is 2.02. The summed E-state index contributed by atoms with van der Waals surface area (Å²) in [7, 11) is 0. The van der Waals surface area contributed by atoms with Crippen molar-refractivity contribution in [2.45, 2.75) is 61.5 Å². The average Bonchev–Trinajstić information content (AvgIpc) is 2.33. The third kappa shape index (κ3) is 1.68. The second-order valence-corrected chi connectivity index (χ2v) is 4.78. The fraction of sp³-hybridized carbons (Fsp3) is 1.00. The molecule has 1 fully saturated rings. The zero-order valence-corrected chi connectivity index (χ0v) is 10.3. The van der Waals surface area contributed by atoms with Gasteiger partial charge in [0.05, 0.1) is 0 Å². The number of unbranched alkanes of at least 4 members (excludes halogenated alkanes) is 1. The smallest absolute Gasteiger partial charge is 0.230 e. The van der Waals surface area contributed by atoms with Gasteiger partial charge in [0.2, 0.25) is 5.67 Å². The third-order valence-corrected chi connectivity index (χ3v) is 3.45. The number of rotatable bonds is 3. The molecule has 0 unspecified atom stereocenters. The van der Waals surface area contributed by atoms with Crippen LogP contribution in [0.3, 0.4) is 0 Å². The molecule has 0 radical (unpaired) electrons. The molecule has 0 aromatic carbocycles. The quantitative estimate of drug-likeness (QED) is 0.630. The van der Waals surface area contributed by atoms with E-state index < -0.39 is 48.1 Å². The minimum Gasteiger partial charge on any atom is -0.230 e. The van der Waals surface area contributed by atoms with Crippen LogP contribution >= 0.6 is 0 Å². The highest BCUT2D eigenvalue weighted by Gasteiger charge is 3.00. The Balaban J connectivity index is 3.66. The second-order valence-electron chi connectivity index (χ2n) is 4.78. The Morgan fingerprint density at radius 2 is 0.810 bits per heavy atom. The molecule has 0 atom stereocenters. The van der Waals surface area contributed by atoms with Gasteiger partial charge in [0.1, 0.15) is 0 Å². The van der Waals surface area contributed by atoms with E-state index in [-0.39, 0.29) is 6.42 Å². The molecule has 11 heteroatoms. The van der Waals surface area contributed by atoms with Crippen molar-refractivity contribution in [3.05, 3.63) is 0 Å². The summed E-state index contributed by atoms with van der Waals surface area (Å²) in [6, 6.07) is 0. The third-order valence-electron chi connectivity index (χ3n) is 3.45. The zero-order valence-electron chi connectivity index (χ0n) is 10.3. The molecule has 1 rings (SSSR count). The van der Waals surface area contributed by atoms with Crippen molar-refractivity contribution >= 4 is 0 Å². The highest BCUT2D eigenvalue weighted by molar-refractivity contribution is 5.26. The zero-order chi connectivity index (χ0) is 17.1. The summed E-state index contributed by atoms with van der Waals surface area (Å²) in [5, 5.41) is 0. The van der Waals surface area contributed by atoms with Gasteiger partial charge in [0.25, 0.3) is 0 Å². The van der Waals surface area contributed by atoms with Gasteiger partial charge in [0, 0.05) is 0 Å². The molecule has 0 nitrogen and oxygen atoms in total. The van der Waals surface area contributed by atoms with E-state index in [2.05, 4.69) is 0 Å². The van der Waals surface area contributed by atoms with Gasteiger partial charge in [0.15, 0.2) is 0 Å². The summed E-state index contributed by atoms with van der Waals surface area (Å²) >= 11 is 0. The largest absolute Gasteiger partial charge is 0.384 e. The summed E-state index contributed by atoms with van der Waals surface area (Å²) in [5.41, 5.74) is -5.80. The van der Waals surface area contributed by atoms with Gasteiger partial charge >= 0.3 is 29.6 Å². The molecule has 21 heavy (non-hydrogen) atoms. The van der Waals surface area contributed by atoms with Gasteiger partial charge < -0.3 is 0 Å². The molecular formula is C10H9F11. The Labute approximate surface area is 111 Å². The molecular weight excluding hydrogens is 329 g/mol. The van der Waals surface area contributed by atoms with Crippen LogP contribution in [0, 0.1) is 0 Å². The number of hydrogen-bond acceptors (Lipinski definition) is 0. The van der Waals surface area contributed by atoms with Gasteiger partial charge in [-0.15, -0.1) is 0 Å². The van der Waals surface area contributed by atoms with Crippen molar-refractivity contribution in [1.82, 2.24) is 0 Å². The molecule has 0 spiro atoms. The number of hydrogen-bond donors (Lipinski definition) is 0.